The lowest BCUT2D eigenvalue weighted by Gasteiger charge is -2.21. The first-order valence-corrected chi connectivity index (χ1v) is 5.45. The molecule has 1 amide bonds. The Labute approximate surface area is 99.9 Å². The van der Waals surface area contributed by atoms with E-state index in [-0.39, 0.29) is 12.5 Å². The van der Waals surface area contributed by atoms with Crippen LogP contribution in [0.4, 0.5) is 0 Å². The minimum absolute atomic E-state index is 0.196. The summed E-state index contributed by atoms with van der Waals surface area (Å²) in [6, 6.07) is 0. The van der Waals surface area contributed by atoms with Crippen molar-refractivity contribution in [1.29, 1.82) is 0 Å². The van der Waals surface area contributed by atoms with Gasteiger partial charge in [0, 0.05) is 26.3 Å². The second-order valence-corrected chi connectivity index (χ2v) is 4.01. The van der Waals surface area contributed by atoms with Crippen molar-refractivity contribution in [2.24, 2.45) is 13.0 Å². The lowest BCUT2D eigenvalue weighted by Crippen LogP contribution is -2.36. The molecule has 1 rings (SSSR count). The number of aryl methyl sites for hydroxylation is 1. The van der Waals surface area contributed by atoms with E-state index >= 15 is 0 Å². The molecule has 1 heterocycles. The van der Waals surface area contributed by atoms with E-state index in [9.17, 15) is 9.59 Å². The quantitative estimate of drug-likeness (QED) is 0.816. The molecule has 1 unspecified atom stereocenters. The highest BCUT2D eigenvalue weighted by Crippen LogP contribution is 2.06. The molecular weight excluding hydrogens is 222 g/mol. The predicted molar refractivity (Wildman–Crippen MR) is 61.6 cm³/mol. The molecule has 0 saturated heterocycles. The average Bonchev–Trinajstić information content (AvgIpc) is 2.71. The summed E-state index contributed by atoms with van der Waals surface area (Å²) in [6.45, 7) is 4.06. The van der Waals surface area contributed by atoms with Gasteiger partial charge in [0.2, 0.25) is 0 Å². The third kappa shape index (κ3) is 3.30. The van der Waals surface area contributed by atoms with Crippen molar-refractivity contribution in [3.8, 4) is 0 Å². The number of hydrogen-bond donors (Lipinski definition) is 1. The van der Waals surface area contributed by atoms with Gasteiger partial charge in [0.25, 0.3) is 5.91 Å². The number of nitrogens with zero attached hydrogens (tertiary/aromatic N) is 3. The third-order valence-corrected chi connectivity index (χ3v) is 2.51. The van der Waals surface area contributed by atoms with E-state index in [0.717, 1.165) is 0 Å². The van der Waals surface area contributed by atoms with E-state index in [1.165, 1.54) is 4.90 Å². The van der Waals surface area contributed by atoms with Crippen LogP contribution in [0.15, 0.2) is 12.5 Å². The molecule has 0 radical (unpaired) electrons. The minimum Gasteiger partial charge on any atom is -0.481 e. The van der Waals surface area contributed by atoms with Crippen LogP contribution >= 0.6 is 0 Å². The summed E-state index contributed by atoms with van der Waals surface area (Å²) in [5.74, 6) is -1.72. The van der Waals surface area contributed by atoms with Gasteiger partial charge in [-0.05, 0) is 6.92 Å². The summed E-state index contributed by atoms with van der Waals surface area (Å²) in [4.78, 5) is 28.2. The maximum atomic E-state index is 12.0. The van der Waals surface area contributed by atoms with Gasteiger partial charge in [-0.25, -0.2) is 4.98 Å². The van der Waals surface area contributed by atoms with Gasteiger partial charge in [-0.2, -0.15) is 0 Å². The zero-order valence-corrected chi connectivity index (χ0v) is 10.3. The largest absolute Gasteiger partial charge is 0.481 e. The number of carboxylic acid groups (broad SMARTS) is 1. The number of carbonyl (C=O) groups is 2. The standard InChI is InChI=1S/C11H17N3O3/c1-4-14(5-8(2)11(16)17)10(15)9-6-13(3)7-12-9/h6-8H,4-5H2,1-3H3,(H,16,17). The van der Waals surface area contributed by atoms with E-state index in [0.29, 0.717) is 12.2 Å². The Kier molecular flexibility index (Phi) is 4.25. The zero-order valence-electron chi connectivity index (χ0n) is 10.3. The Morgan fingerprint density at radius 3 is 2.65 bits per heavy atom. The highest BCUT2D eigenvalue weighted by Gasteiger charge is 2.21. The van der Waals surface area contributed by atoms with Crippen molar-refractivity contribution in [2.75, 3.05) is 13.1 Å². The van der Waals surface area contributed by atoms with E-state index < -0.39 is 11.9 Å². The average molecular weight is 239 g/mol. The normalized spacial score (nSPS) is 12.2. The van der Waals surface area contributed by atoms with Crippen LogP contribution < -0.4 is 0 Å². The van der Waals surface area contributed by atoms with E-state index in [2.05, 4.69) is 4.98 Å². The summed E-state index contributed by atoms with van der Waals surface area (Å²) in [5.41, 5.74) is 0.340. The number of carboxylic acids is 1. The summed E-state index contributed by atoms with van der Waals surface area (Å²) < 4.78 is 1.68. The number of carbonyl (C=O) groups excluding carboxylic acids is 1. The van der Waals surface area contributed by atoms with Crippen LogP contribution in [-0.2, 0) is 11.8 Å². The van der Waals surface area contributed by atoms with Crippen LogP contribution in [0.2, 0.25) is 0 Å². The molecule has 94 valence electrons. The molecule has 0 bridgehead atoms. The SMILES string of the molecule is CCN(CC(C)C(=O)O)C(=O)c1cn(C)cn1. The predicted octanol–water partition coefficient (Wildman–Crippen LogP) is 0.603. The molecule has 6 heteroatoms. The highest BCUT2D eigenvalue weighted by molar-refractivity contribution is 5.92. The van der Waals surface area contributed by atoms with Crippen molar-refractivity contribution in [2.45, 2.75) is 13.8 Å². The summed E-state index contributed by atoms with van der Waals surface area (Å²) in [6.07, 6.45) is 3.16. The van der Waals surface area contributed by atoms with Gasteiger partial charge in [-0.15, -0.1) is 0 Å². The number of aromatic nitrogens is 2. The number of amides is 1. The Morgan fingerprint density at radius 1 is 1.59 bits per heavy atom. The van der Waals surface area contributed by atoms with Gasteiger partial charge < -0.3 is 14.6 Å². The number of aliphatic carboxylic acids is 1. The van der Waals surface area contributed by atoms with E-state index in [1.54, 1.807) is 31.1 Å². The Morgan fingerprint density at radius 2 is 2.24 bits per heavy atom. The van der Waals surface area contributed by atoms with Crippen LogP contribution in [0.3, 0.4) is 0 Å². The summed E-state index contributed by atoms with van der Waals surface area (Å²) in [7, 11) is 1.78. The van der Waals surface area contributed by atoms with Gasteiger partial charge in [0.05, 0.1) is 12.2 Å². The van der Waals surface area contributed by atoms with Crippen molar-refractivity contribution in [3.63, 3.8) is 0 Å². The second-order valence-electron chi connectivity index (χ2n) is 4.01. The minimum atomic E-state index is -0.905. The van der Waals surface area contributed by atoms with Gasteiger partial charge in [-0.3, -0.25) is 9.59 Å². The highest BCUT2D eigenvalue weighted by atomic mass is 16.4. The fourth-order valence-electron chi connectivity index (χ4n) is 1.45. The molecule has 6 nitrogen and oxygen atoms in total. The molecule has 0 aliphatic heterocycles. The summed E-state index contributed by atoms with van der Waals surface area (Å²) in [5, 5.41) is 8.83. The third-order valence-electron chi connectivity index (χ3n) is 2.51. The lowest BCUT2D eigenvalue weighted by molar-refractivity contribution is -0.141. The maximum absolute atomic E-state index is 12.0. The Hall–Kier alpha value is -1.85. The molecule has 0 aliphatic rings. The van der Waals surface area contributed by atoms with Gasteiger partial charge in [-0.1, -0.05) is 6.92 Å². The van der Waals surface area contributed by atoms with Gasteiger partial charge >= 0.3 is 5.97 Å². The molecule has 0 fully saturated rings. The monoisotopic (exact) mass is 239 g/mol. The van der Waals surface area contributed by atoms with Crippen LogP contribution in [0.1, 0.15) is 24.3 Å². The van der Waals surface area contributed by atoms with Crippen molar-refractivity contribution < 1.29 is 14.7 Å². The van der Waals surface area contributed by atoms with Crippen LogP contribution in [0.25, 0.3) is 0 Å². The first kappa shape index (κ1) is 13.2. The van der Waals surface area contributed by atoms with Gasteiger partial charge in [0.1, 0.15) is 5.69 Å². The van der Waals surface area contributed by atoms with Crippen LogP contribution in [0.5, 0.6) is 0 Å². The molecule has 0 aliphatic carbocycles. The van der Waals surface area contributed by atoms with E-state index in [1.807, 2.05) is 6.92 Å². The van der Waals surface area contributed by atoms with Crippen LogP contribution in [0, 0.1) is 5.92 Å². The molecule has 0 aromatic carbocycles. The Bertz CT molecular complexity index is 414. The number of rotatable bonds is 5. The zero-order chi connectivity index (χ0) is 13.0. The van der Waals surface area contributed by atoms with Crippen molar-refractivity contribution >= 4 is 11.9 Å². The fraction of sp³-hybridized carbons (Fsp3) is 0.545. The lowest BCUT2D eigenvalue weighted by atomic mass is 10.1. The molecule has 1 aromatic heterocycles. The number of hydrogen-bond acceptors (Lipinski definition) is 3. The topological polar surface area (TPSA) is 75.4 Å². The van der Waals surface area contributed by atoms with Crippen LogP contribution in [-0.4, -0.2) is 44.5 Å². The Balaban J connectivity index is 2.74. The second kappa shape index (κ2) is 5.47. The first-order valence-electron chi connectivity index (χ1n) is 5.45. The first-order chi connectivity index (χ1) is 7.95. The van der Waals surface area contributed by atoms with Gasteiger partial charge in [0.15, 0.2) is 0 Å². The molecular formula is C11H17N3O3. The molecule has 1 aromatic rings. The maximum Gasteiger partial charge on any atom is 0.308 e. The smallest absolute Gasteiger partial charge is 0.308 e. The molecule has 1 atom stereocenters. The molecule has 1 N–H and O–H groups in total. The van der Waals surface area contributed by atoms with Crippen molar-refractivity contribution in [1.82, 2.24) is 14.5 Å². The van der Waals surface area contributed by atoms with Crippen molar-refractivity contribution in [3.05, 3.63) is 18.2 Å². The summed E-state index contributed by atoms with van der Waals surface area (Å²) >= 11 is 0. The van der Waals surface area contributed by atoms with E-state index in [4.69, 9.17) is 5.11 Å². The molecule has 17 heavy (non-hydrogen) atoms. The molecule has 0 saturated carbocycles. The number of imidazole rings is 1. The molecule has 0 spiro atoms. The fourth-order valence-corrected chi connectivity index (χ4v) is 1.45.